The molecule has 1 fully saturated rings. The van der Waals surface area contributed by atoms with E-state index >= 15 is 0 Å². The summed E-state index contributed by atoms with van der Waals surface area (Å²) in [5.74, 6) is -0.632. The number of carbonyl (C=O) groups excluding carboxylic acids is 1. The van der Waals surface area contributed by atoms with Crippen LogP contribution in [0.4, 0.5) is 5.69 Å². The van der Waals surface area contributed by atoms with Gasteiger partial charge in [-0.3, -0.25) is 4.79 Å². The summed E-state index contributed by atoms with van der Waals surface area (Å²) in [5.41, 5.74) is 3.28. The molecule has 158 valence electrons. The zero-order valence-corrected chi connectivity index (χ0v) is 18.0. The number of anilines is 1. The summed E-state index contributed by atoms with van der Waals surface area (Å²) in [4.78, 5) is 13.0. The number of aryl methyl sites for hydroxylation is 3. The summed E-state index contributed by atoms with van der Waals surface area (Å²) in [6.07, 6.45) is 1.65. The summed E-state index contributed by atoms with van der Waals surface area (Å²) < 4.78 is 32.9. The van der Waals surface area contributed by atoms with E-state index in [1.807, 2.05) is 26.0 Å². The predicted octanol–water partition coefficient (Wildman–Crippen LogP) is 4.10. The third-order valence-corrected chi connectivity index (χ3v) is 7.50. The van der Waals surface area contributed by atoms with Crippen molar-refractivity contribution in [2.75, 3.05) is 18.4 Å². The third kappa shape index (κ3) is 3.36. The van der Waals surface area contributed by atoms with Gasteiger partial charge in [0.25, 0.3) is 5.91 Å². The quantitative estimate of drug-likeness (QED) is 0.610. The van der Waals surface area contributed by atoms with Crippen molar-refractivity contribution < 1.29 is 22.7 Å². The van der Waals surface area contributed by atoms with E-state index in [-0.39, 0.29) is 22.1 Å². The molecule has 0 spiro atoms. The first-order valence-corrected chi connectivity index (χ1v) is 11.3. The van der Waals surface area contributed by atoms with Gasteiger partial charge in [-0.2, -0.15) is 4.31 Å². The number of rotatable bonds is 4. The summed E-state index contributed by atoms with van der Waals surface area (Å²) in [6.45, 7) is 6.61. The average molecular weight is 429 g/mol. The van der Waals surface area contributed by atoms with E-state index in [0.717, 1.165) is 29.4 Å². The molecule has 1 aromatic heterocycles. The molecule has 2 heterocycles. The van der Waals surface area contributed by atoms with Gasteiger partial charge in [-0.15, -0.1) is 0 Å². The number of amides is 1. The van der Waals surface area contributed by atoms with E-state index in [1.54, 1.807) is 6.92 Å². The van der Waals surface area contributed by atoms with Crippen molar-refractivity contribution in [3.8, 4) is 5.75 Å². The van der Waals surface area contributed by atoms with Crippen molar-refractivity contribution in [1.82, 2.24) is 4.31 Å². The van der Waals surface area contributed by atoms with Gasteiger partial charge in [0.15, 0.2) is 5.76 Å². The highest BCUT2D eigenvalue weighted by Crippen LogP contribution is 2.33. The number of aromatic hydroxyl groups is 1. The maximum atomic E-state index is 12.9. The number of hydrogen-bond acceptors (Lipinski definition) is 5. The van der Waals surface area contributed by atoms with Gasteiger partial charge in [0.05, 0.1) is 10.6 Å². The fourth-order valence-corrected chi connectivity index (χ4v) is 5.47. The van der Waals surface area contributed by atoms with Crippen LogP contribution in [0.15, 0.2) is 39.6 Å². The van der Waals surface area contributed by atoms with Crippen LogP contribution in [0.5, 0.6) is 5.75 Å². The predicted molar refractivity (Wildman–Crippen MR) is 114 cm³/mol. The number of furan rings is 1. The van der Waals surface area contributed by atoms with Crippen LogP contribution in [0.25, 0.3) is 11.0 Å². The number of benzene rings is 2. The molecule has 8 heteroatoms. The van der Waals surface area contributed by atoms with Crippen molar-refractivity contribution in [1.29, 1.82) is 0 Å². The zero-order chi connectivity index (χ0) is 21.6. The fraction of sp³-hybridized carbons (Fsp3) is 0.318. The summed E-state index contributed by atoms with van der Waals surface area (Å²) in [6, 6.07) is 7.81. The number of nitrogens with zero attached hydrogens (tertiary/aromatic N) is 1. The topological polar surface area (TPSA) is 99.9 Å². The monoisotopic (exact) mass is 428 g/mol. The number of phenolic OH excluding ortho intramolecular Hbond substituents is 1. The molecule has 2 N–H and O–H groups in total. The van der Waals surface area contributed by atoms with Crippen LogP contribution in [-0.4, -0.2) is 36.8 Å². The first-order chi connectivity index (χ1) is 14.2. The van der Waals surface area contributed by atoms with Crippen LogP contribution >= 0.6 is 0 Å². The maximum Gasteiger partial charge on any atom is 0.291 e. The molecule has 30 heavy (non-hydrogen) atoms. The standard InChI is InChI=1S/C22H24N2O5S/c1-13-6-7-14(2)20-19(13)15(3)21(29-20)22(26)23-17-12-16(8-9-18(17)25)30(27,28)24-10-4-5-11-24/h6-9,12,25H,4-5,10-11H2,1-3H3,(H,23,26). The van der Waals surface area contributed by atoms with Gasteiger partial charge >= 0.3 is 0 Å². The minimum absolute atomic E-state index is 0.0218. The Kier molecular flexibility index (Phi) is 5.07. The Morgan fingerprint density at radius 3 is 2.40 bits per heavy atom. The molecule has 0 saturated carbocycles. The largest absolute Gasteiger partial charge is 0.506 e. The Hall–Kier alpha value is -2.84. The van der Waals surface area contributed by atoms with Gasteiger partial charge in [-0.1, -0.05) is 12.1 Å². The summed E-state index contributed by atoms with van der Waals surface area (Å²) >= 11 is 0. The highest BCUT2D eigenvalue weighted by Gasteiger charge is 2.28. The van der Waals surface area contributed by atoms with Crippen molar-refractivity contribution in [3.63, 3.8) is 0 Å². The minimum Gasteiger partial charge on any atom is -0.506 e. The molecule has 0 bridgehead atoms. The van der Waals surface area contributed by atoms with E-state index in [1.165, 1.54) is 22.5 Å². The molecule has 0 radical (unpaired) electrons. The molecule has 3 aromatic rings. The van der Waals surface area contributed by atoms with Crippen molar-refractivity contribution >= 4 is 32.6 Å². The van der Waals surface area contributed by atoms with E-state index < -0.39 is 15.9 Å². The lowest BCUT2D eigenvalue weighted by atomic mass is 10.0. The second-order valence-electron chi connectivity index (χ2n) is 7.70. The van der Waals surface area contributed by atoms with Crippen molar-refractivity contribution in [3.05, 3.63) is 52.8 Å². The molecule has 7 nitrogen and oxygen atoms in total. The van der Waals surface area contributed by atoms with Crippen LogP contribution in [0.3, 0.4) is 0 Å². The van der Waals surface area contributed by atoms with Gasteiger partial charge in [0.2, 0.25) is 10.0 Å². The Morgan fingerprint density at radius 1 is 1.07 bits per heavy atom. The van der Waals surface area contributed by atoms with Gasteiger partial charge < -0.3 is 14.8 Å². The van der Waals surface area contributed by atoms with Gasteiger partial charge in [0.1, 0.15) is 11.3 Å². The lowest BCUT2D eigenvalue weighted by Crippen LogP contribution is -2.28. The normalized spacial score (nSPS) is 15.0. The maximum absolute atomic E-state index is 12.9. The lowest BCUT2D eigenvalue weighted by molar-refractivity contribution is 0.0997. The van der Waals surface area contributed by atoms with Gasteiger partial charge in [-0.05, 0) is 62.9 Å². The number of carbonyl (C=O) groups is 1. The minimum atomic E-state index is -3.67. The van der Waals surface area contributed by atoms with Gasteiger partial charge in [-0.25, -0.2) is 8.42 Å². The van der Waals surface area contributed by atoms with Crippen LogP contribution in [0.2, 0.25) is 0 Å². The fourth-order valence-electron chi connectivity index (χ4n) is 3.92. The summed E-state index contributed by atoms with van der Waals surface area (Å²) in [7, 11) is -3.67. The van der Waals surface area contributed by atoms with E-state index in [9.17, 15) is 18.3 Å². The molecule has 0 atom stereocenters. The van der Waals surface area contributed by atoms with Crippen LogP contribution in [-0.2, 0) is 10.0 Å². The van der Waals surface area contributed by atoms with E-state index in [0.29, 0.717) is 24.2 Å². The number of nitrogens with one attached hydrogen (secondary N) is 1. The van der Waals surface area contributed by atoms with Crippen molar-refractivity contribution in [2.24, 2.45) is 0 Å². The smallest absolute Gasteiger partial charge is 0.291 e. The highest BCUT2D eigenvalue weighted by molar-refractivity contribution is 7.89. The van der Waals surface area contributed by atoms with E-state index in [4.69, 9.17) is 4.42 Å². The molecule has 0 unspecified atom stereocenters. The Bertz CT molecular complexity index is 1250. The number of sulfonamides is 1. The van der Waals surface area contributed by atoms with Crippen molar-refractivity contribution in [2.45, 2.75) is 38.5 Å². The zero-order valence-electron chi connectivity index (χ0n) is 17.2. The average Bonchev–Trinajstić information content (AvgIpc) is 3.36. The Balaban J connectivity index is 1.69. The van der Waals surface area contributed by atoms with E-state index in [2.05, 4.69) is 5.32 Å². The molecular weight excluding hydrogens is 404 g/mol. The Morgan fingerprint density at radius 2 is 1.73 bits per heavy atom. The first kappa shape index (κ1) is 20.4. The van der Waals surface area contributed by atoms with Crippen LogP contribution in [0.1, 0.15) is 40.1 Å². The molecule has 2 aromatic carbocycles. The number of fused-ring (bicyclic) bond motifs is 1. The van der Waals surface area contributed by atoms with Crippen LogP contribution in [0, 0.1) is 20.8 Å². The third-order valence-electron chi connectivity index (χ3n) is 5.61. The molecule has 1 saturated heterocycles. The molecule has 1 amide bonds. The SMILES string of the molecule is Cc1ccc(C)c2c(C)c(C(=O)Nc3cc(S(=O)(=O)N4CCCC4)ccc3O)oc12. The number of hydrogen-bond donors (Lipinski definition) is 2. The highest BCUT2D eigenvalue weighted by atomic mass is 32.2. The van der Waals surface area contributed by atoms with Gasteiger partial charge in [0, 0.05) is 24.0 Å². The molecule has 4 rings (SSSR count). The molecular formula is C22H24N2O5S. The molecule has 0 aliphatic carbocycles. The lowest BCUT2D eigenvalue weighted by Gasteiger charge is -2.16. The second-order valence-corrected chi connectivity index (χ2v) is 9.64. The molecule has 1 aliphatic rings. The summed E-state index contributed by atoms with van der Waals surface area (Å²) in [5, 5.41) is 13.7. The van der Waals surface area contributed by atoms with Crippen LogP contribution < -0.4 is 5.32 Å². The second kappa shape index (κ2) is 7.45. The number of phenols is 1. The Labute approximate surface area is 175 Å². The molecule has 1 aliphatic heterocycles. The first-order valence-electron chi connectivity index (χ1n) is 9.84.